The lowest BCUT2D eigenvalue weighted by Gasteiger charge is -2.34. The molecule has 0 aliphatic carbocycles. The predicted molar refractivity (Wildman–Crippen MR) is 93.0 cm³/mol. The molecule has 0 radical (unpaired) electrons. The van der Waals surface area contributed by atoms with E-state index in [1.807, 2.05) is 6.07 Å². The first-order valence-electron chi connectivity index (χ1n) is 7.53. The van der Waals surface area contributed by atoms with E-state index in [0.717, 1.165) is 37.6 Å². The smallest absolute Gasteiger partial charge is 0.224 e. The molecular weight excluding hydrogens is 314 g/mol. The van der Waals surface area contributed by atoms with Crippen LogP contribution in [0.5, 0.6) is 5.75 Å². The molecule has 0 amide bonds. The van der Waals surface area contributed by atoms with E-state index >= 15 is 0 Å². The highest BCUT2D eigenvalue weighted by molar-refractivity contribution is 6.28. The molecule has 0 atom stereocenters. The van der Waals surface area contributed by atoms with Crippen molar-refractivity contribution in [2.45, 2.75) is 0 Å². The molecule has 2 aromatic rings. The molecule has 7 heteroatoms. The van der Waals surface area contributed by atoms with E-state index in [0.29, 0.717) is 5.82 Å². The van der Waals surface area contributed by atoms with Crippen molar-refractivity contribution < 1.29 is 4.74 Å². The van der Waals surface area contributed by atoms with Gasteiger partial charge >= 0.3 is 0 Å². The second kappa shape index (κ2) is 7.02. The van der Waals surface area contributed by atoms with Gasteiger partial charge in [0.15, 0.2) is 0 Å². The van der Waals surface area contributed by atoms with Crippen LogP contribution in [0.2, 0.25) is 5.28 Å². The topological polar surface area (TPSA) is 53.5 Å². The third-order valence-corrected chi connectivity index (χ3v) is 4.12. The first-order valence-corrected chi connectivity index (χ1v) is 7.90. The van der Waals surface area contributed by atoms with E-state index in [4.69, 9.17) is 16.3 Å². The number of methoxy groups -OCH3 is 1. The summed E-state index contributed by atoms with van der Waals surface area (Å²) < 4.78 is 5.52. The summed E-state index contributed by atoms with van der Waals surface area (Å²) in [5, 5.41) is 3.43. The first-order chi connectivity index (χ1) is 11.2. The number of piperazine rings is 1. The number of nitrogens with zero attached hydrogens (tertiary/aromatic N) is 4. The van der Waals surface area contributed by atoms with E-state index in [2.05, 4.69) is 44.3 Å². The summed E-state index contributed by atoms with van der Waals surface area (Å²) in [6.07, 6.45) is 1.61. The third kappa shape index (κ3) is 3.83. The first kappa shape index (κ1) is 15.8. The van der Waals surface area contributed by atoms with Crippen LogP contribution in [0.1, 0.15) is 0 Å². The van der Waals surface area contributed by atoms with Gasteiger partial charge in [-0.1, -0.05) is 0 Å². The van der Waals surface area contributed by atoms with Gasteiger partial charge in [0.25, 0.3) is 0 Å². The number of aromatic nitrogens is 2. The maximum absolute atomic E-state index is 5.82. The highest BCUT2D eigenvalue weighted by Crippen LogP contribution is 2.32. The molecule has 0 unspecified atom stereocenters. The Morgan fingerprint density at radius 3 is 2.65 bits per heavy atom. The second-order valence-corrected chi connectivity index (χ2v) is 5.85. The Hall–Kier alpha value is -2.05. The summed E-state index contributed by atoms with van der Waals surface area (Å²) in [5.41, 5.74) is 2.02. The van der Waals surface area contributed by atoms with E-state index in [9.17, 15) is 0 Å². The number of likely N-dealkylation sites (N-methyl/N-ethyl adjacent to an activating group) is 1. The number of halogens is 1. The number of rotatable bonds is 4. The Balaban J connectivity index is 1.79. The number of ether oxygens (including phenoxy) is 1. The quantitative estimate of drug-likeness (QED) is 0.868. The Labute approximate surface area is 141 Å². The molecule has 1 saturated heterocycles. The summed E-state index contributed by atoms with van der Waals surface area (Å²) in [4.78, 5) is 12.7. The highest BCUT2D eigenvalue weighted by Gasteiger charge is 2.16. The molecule has 1 aliphatic rings. The lowest BCUT2D eigenvalue weighted by molar-refractivity contribution is 0.312. The van der Waals surface area contributed by atoms with Crippen molar-refractivity contribution in [1.29, 1.82) is 0 Å². The Kier molecular flexibility index (Phi) is 4.83. The molecule has 122 valence electrons. The molecule has 1 aliphatic heterocycles. The van der Waals surface area contributed by atoms with Crippen LogP contribution in [-0.2, 0) is 0 Å². The van der Waals surface area contributed by atoms with Crippen molar-refractivity contribution in [2.24, 2.45) is 0 Å². The normalized spacial score (nSPS) is 15.5. The molecule has 3 rings (SSSR count). The van der Waals surface area contributed by atoms with Crippen molar-refractivity contribution in [1.82, 2.24) is 14.9 Å². The molecular formula is C16H20ClN5O. The number of hydrogen-bond acceptors (Lipinski definition) is 6. The van der Waals surface area contributed by atoms with Crippen LogP contribution in [-0.4, -0.2) is 55.2 Å². The minimum Gasteiger partial charge on any atom is -0.494 e. The summed E-state index contributed by atoms with van der Waals surface area (Å²) in [5.74, 6) is 1.41. The number of hydrogen-bond donors (Lipinski definition) is 1. The van der Waals surface area contributed by atoms with Crippen LogP contribution in [0.3, 0.4) is 0 Å². The SMILES string of the molecule is COc1cc(N2CCN(C)CC2)ccc1Nc1ccnc(Cl)n1. The monoisotopic (exact) mass is 333 g/mol. The molecule has 0 spiro atoms. The number of benzene rings is 1. The largest absolute Gasteiger partial charge is 0.494 e. The zero-order valence-corrected chi connectivity index (χ0v) is 14.0. The van der Waals surface area contributed by atoms with Crippen LogP contribution < -0.4 is 15.0 Å². The maximum atomic E-state index is 5.82. The molecule has 1 fully saturated rings. The molecule has 0 saturated carbocycles. The van der Waals surface area contributed by atoms with Crippen molar-refractivity contribution in [3.8, 4) is 5.75 Å². The van der Waals surface area contributed by atoms with Gasteiger partial charge in [0, 0.05) is 44.1 Å². The highest BCUT2D eigenvalue weighted by atomic mass is 35.5. The second-order valence-electron chi connectivity index (χ2n) is 5.51. The van der Waals surface area contributed by atoms with Gasteiger partial charge in [0.2, 0.25) is 5.28 Å². The van der Waals surface area contributed by atoms with Crippen LogP contribution in [0.15, 0.2) is 30.5 Å². The van der Waals surface area contributed by atoms with E-state index in [1.54, 1.807) is 19.4 Å². The van der Waals surface area contributed by atoms with Crippen LogP contribution in [0.4, 0.5) is 17.2 Å². The van der Waals surface area contributed by atoms with Crippen molar-refractivity contribution >= 4 is 28.8 Å². The van der Waals surface area contributed by atoms with Gasteiger partial charge in [-0.05, 0) is 36.8 Å². The molecule has 1 aromatic carbocycles. The van der Waals surface area contributed by atoms with Gasteiger partial charge < -0.3 is 19.9 Å². The van der Waals surface area contributed by atoms with Gasteiger partial charge in [0.05, 0.1) is 12.8 Å². The van der Waals surface area contributed by atoms with Crippen molar-refractivity contribution in [3.63, 3.8) is 0 Å². The fourth-order valence-corrected chi connectivity index (χ4v) is 2.73. The average molecular weight is 334 g/mol. The Bertz CT molecular complexity index is 673. The van der Waals surface area contributed by atoms with Gasteiger partial charge in [-0.15, -0.1) is 0 Å². The number of anilines is 3. The Morgan fingerprint density at radius 1 is 1.17 bits per heavy atom. The van der Waals surface area contributed by atoms with Gasteiger partial charge in [-0.2, -0.15) is 0 Å². The van der Waals surface area contributed by atoms with Gasteiger partial charge in [0.1, 0.15) is 11.6 Å². The molecule has 6 nitrogen and oxygen atoms in total. The minimum absolute atomic E-state index is 0.211. The van der Waals surface area contributed by atoms with Crippen LogP contribution >= 0.6 is 11.6 Å². The van der Waals surface area contributed by atoms with E-state index in [1.165, 1.54) is 5.69 Å². The molecule has 1 aromatic heterocycles. The maximum Gasteiger partial charge on any atom is 0.224 e. The number of nitrogens with one attached hydrogen (secondary N) is 1. The molecule has 23 heavy (non-hydrogen) atoms. The summed E-state index contributed by atoms with van der Waals surface area (Å²) in [6, 6.07) is 7.91. The molecule has 1 N–H and O–H groups in total. The standard InChI is InChI=1S/C16H20ClN5O/c1-21-7-9-22(10-8-21)12-3-4-13(14(11-12)23-2)19-15-5-6-18-16(17)20-15/h3-6,11H,7-10H2,1-2H3,(H,18,19,20). The summed E-state index contributed by atoms with van der Waals surface area (Å²) >= 11 is 5.82. The third-order valence-electron chi connectivity index (χ3n) is 3.94. The van der Waals surface area contributed by atoms with Crippen LogP contribution in [0, 0.1) is 0 Å². The van der Waals surface area contributed by atoms with E-state index in [-0.39, 0.29) is 5.28 Å². The summed E-state index contributed by atoms with van der Waals surface area (Å²) in [7, 11) is 3.82. The predicted octanol–water partition coefficient (Wildman–Crippen LogP) is 2.63. The van der Waals surface area contributed by atoms with Gasteiger partial charge in [-0.25, -0.2) is 9.97 Å². The zero-order chi connectivity index (χ0) is 16.2. The fraction of sp³-hybridized carbons (Fsp3) is 0.375. The lowest BCUT2D eigenvalue weighted by atomic mass is 10.2. The average Bonchev–Trinajstić information content (AvgIpc) is 2.56. The Morgan fingerprint density at radius 2 is 1.96 bits per heavy atom. The molecule has 0 bridgehead atoms. The lowest BCUT2D eigenvalue weighted by Crippen LogP contribution is -2.44. The van der Waals surface area contributed by atoms with Gasteiger partial charge in [-0.3, -0.25) is 0 Å². The molecule has 2 heterocycles. The van der Waals surface area contributed by atoms with E-state index < -0.39 is 0 Å². The minimum atomic E-state index is 0.211. The zero-order valence-electron chi connectivity index (χ0n) is 13.3. The fourth-order valence-electron chi connectivity index (χ4n) is 2.59. The van der Waals surface area contributed by atoms with Crippen molar-refractivity contribution in [2.75, 3.05) is 50.6 Å². The van der Waals surface area contributed by atoms with Crippen LogP contribution in [0.25, 0.3) is 0 Å². The van der Waals surface area contributed by atoms with Crippen molar-refractivity contribution in [3.05, 3.63) is 35.7 Å². The summed E-state index contributed by atoms with van der Waals surface area (Å²) in [6.45, 7) is 4.19.